The molecule has 10 rings (SSSR count). The summed E-state index contributed by atoms with van der Waals surface area (Å²) in [6, 6.07) is 10.2. The Kier molecular flexibility index (Phi) is 10.9. The summed E-state index contributed by atoms with van der Waals surface area (Å²) in [5.41, 5.74) is 11.3. The average molecular weight is 778 g/mol. The fourth-order valence-corrected chi connectivity index (χ4v) is 12.2. The van der Waals surface area contributed by atoms with Crippen LogP contribution in [0.2, 0.25) is 0 Å². The SMILES string of the molecule is C=C1CC=CCC1C(=C)NC(CC1C=C1C1C=CCC(C2=CC=CC(c3cccc(C4(C5=CCCC=C5)C5=CCCC=C5OC5C=CCCC54)c3)C2)C1)C1C=CC=CC1. The summed E-state index contributed by atoms with van der Waals surface area (Å²) in [6.45, 7) is 8.97. The maximum Gasteiger partial charge on any atom is 0.121 e. The molecule has 1 aromatic carbocycles. The third-order valence-corrected chi connectivity index (χ3v) is 15.3. The molecule has 2 heteroatoms. The predicted molar refractivity (Wildman–Crippen MR) is 246 cm³/mol. The lowest BCUT2D eigenvalue weighted by molar-refractivity contribution is 0.0368. The van der Waals surface area contributed by atoms with Crippen LogP contribution < -0.4 is 5.32 Å². The number of fused-ring (bicyclic) bond motifs is 2. The summed E-state index contributed by atoms with van der Waals surface area (Å²) >= 11 is 0. The van der Waals surface area contributed by atoms with Gasteiger partial charge in [0.25, 0.3) is 0 Å². The number of allylic oxidation sites excluding steroid dienone is 22. The third kappa shape index (κ3) is 7.51. The summed E-state index contributed by atoms with van der Waals surface area (Å²) in [6.07, 6.45) is 60.1. The Bertz CT molecular complexity index is 2220. The Morgan fingerprint density at radius 2 is 1.78 bits per heavy atom. The topological polar surface area (TPSA) is 21.3 Å². The number of hydrogen-bond acceptors (Lipinski definition) is 2. The van der Waals surface area contributed by atoms with Crippen molar-refractivity contribution >= 4 is 0 Å². The van der Waals surface area contributed by atoms with E-state index in [-0.39, 0.29) is 11.5 Å². The van der Waals surface area contributed by atoms with E-state index in [0.717, 1.165) is 88.5 Å². The summed E-state index contributed by atoms with van der Waals surface area (Å²) in [5.74, 6) is 4.38. The van der Waals surface area contributed by atoms with E-state index >= 15 is 0 Å². The normalized spacial score (nSPS) is 34.6. The molecule has 1 N–H and O–H groups in total. The number of benzene rings is 1. The highest BCUT2D eigenvalue weighted by atomic mass is 16.5. The molecule has 1 fully saturated rings. The van der Waals surface area contributed by atoms with Crippen molar-refractivity contribution in [3.8, 4) is 0 Å². The predicted octanol–water partition coefficient (Wildman–Crippen LogP) is 13.8. The van der Waals surface area contributed by atoms with Crippen LogP contribution >= 0.6 is 0 Å². The zero-order valence-electron chi connectivity index (χ0n) is 35.0. The van der Waals surface area contributed by atoms with E-state index in [1.54, 1.807) is 11.1 Å². The maximum atomic E-state index is 6.82. The lowest BCUT2D eigenvalue weighted by atomic mass is 9.54. The third-order valence-electron chi connectivity index (χ3n) is 15.3. The molecule has 10 unspecified atom stereocenters. The molecule has 1 aliphatic heterocycles. The molecule has 0 amide bonds. The van der Waals surface area contributed by atoms with E-state index in [0.29, 0.717) is 47.5 Å². The van der Waals surface area contributed by atoms with Crippen LogP contribution in [-0.4, -0.2) is 12.1 Å². The molecule has 2 nitrogen and oxygen atoms in total. The highest BCUT2D eigenvalue weighted by Gasteiger charge is 2.54. The maximum absolute atomic E-state index is 6.82. The number of hydrogen-bond donors (Lipinski definition) is 1. The molecule has 10 atom stereocenters. The minimum atomic E-state index is -0.201. The van der Waals surface area contributed by atoms with E-state index < -0.39 is 0 Å². The second-order valence-corrected chi connectivity index (χ2v) is 18.8. The summed E-state index contributed by atoms with van der Waals surface area (Å²) < 4.78 is 6.82. The van der Waals surface area contributed by atoms with Crippen molar-refractivity contribution in [2.75, 3.05) is 0 Å². The molecular weight excluding hydrogens is 715 g/mol. The van der Waals surface area contributed by atoms with E-state index in [1.165, 1.54) is 34.3 Å². The summed E-state index contributed by atoms with van der Waals surface area (Å²) in [7, 11) is 0. The Labute approximate surface area is 354 Å². The smallest absolute Gasteiger partial charge is 0.121 e. The molecule has 9 aliphatic rings. The van der Waals surface area contributed by atoms with E-state index in [4.69, 9.17) is 4.74 Å². The largest absolute Gasteiger partial charge is 0.486 e. The molecule has 0 aromatic heterocycles. The standard InChI is InChI=1S/C57H63NO/c1-39-18-9-10-29-50(39)40(2)58-54(41-19-5-3-6-20-41)38-47-37-51(47)46-25-16-23-44(35-46)42-21-15-22-43(34-42)45-24-17-28-49(36-45)57(48-26-7-4-8-27-48)52-30-11-13-32-55(52)59-56-33-14-12-31-53(56)57/h3,5-7,9-10,13,15-17,19,21-22,24-28,31-33,36-37,41,43-44,46-47,50,52,54-55,58H,1-2,4,8,11-12,14,18,20,23,29-30,34-35,38H2. The van der Waals surface area contributed by atoms with Gasteiger partial charge in [0.05, 0.1) is 5.41 Å². The molecule has 8 aliphatic carbocycles. The molecule has 1 heterocycles. The Hall–Kier alpha value is -4.82. The van der Waals surface area contributed by atoms with Gasteiger partial charge in [-0.15, -0.1) is 0 Å². The summed E-state index contributed by atoms with van der Waals surface area (Å²) in [5, 5.41) is 3.97. The second kappa shape index (κ2) is 16.7. The number of nitrogens with one attached hydrogen (secondary N) is 1. The Morgan fingerprint density at radius 1 is 0.847 bits per heavy atom. The fraction of sp³-hybridized carbons (Fsp3) is 0.404. The molecule has 0 bridgehead atoms. The minimum absolute atomic E-state index is 0.102. The van der Waals surface area contributed by atoms with Crippen LogP contribution in [0.25, 0.3) is 0 Å². The first-order valence-electron chi connectivity index (χ1n) is 23.1. The van der Waals surface area contributed by atoms with Crippen LogP contribution in [0.5, 0.6) is 0 Å². The van der Waals surface area contributed by atoms with Crippen molar-refractivity contribution in [3.05, 3.63) is 203 Å². The number of ether oxygens (including phenoxy) is 1. The van der Waals surface area contributed by atoms with Crippen molar-refractivity contribution in [1.29, 1.82) is 0 Å². The van der Waals surface area contributed by atoms with Crippen molar-refractivity contribution < 1.29 is 4.74 Å². The molecule has 1 saturated heterocycles. The van der Waals surface area contributed by atoms with Gasteiger partial charge in [-0.05, 0) is 124 Å². The highest BCUT2D eigenvalue weighted by molar-refractivity contribution is 5.61. The fourth-order valence-electron chi connectivity index (χ4n) is 12.2. The van der Waals surface area contributed by atoms with Crippen LogP contribution in [0.4, 0.5) is 0 Å². The molecule has 59 heavy (non-hydrogen) atoms. The van der Waals surface area contributed by atoms with Crippen molar-refractivity contribution in [3.63, 3.8) is 0 Å². The van der Waals surface area contributed by atoms with Gasteiger partial charge in [-0.1, -0.05) is 157 Å². The van der Waals surface area contributed by atoms with E-state index in [2.05, 4.69) is 158 Å². The van der Waals surface area contributed by atoms with Gasteiger partial charge in [0.15, 0.2) is 0 Å². The molecule has 0 spiro atoms. The van der Waals surface area contributed by atoms with Crippen molar-refractivity contribution in [2.45, 2.75) is 107 Å². The molecule has 1 aromatic rings. The molecule has 0 radical (unpaired) electrons. The van der Waals surface area contributed by atoms with Crippen LogP contribution in [0.3, 0.4) is 0 Å². The first kappa shape index (κ1) is 38.4. The summed E-state index contributed by atoms with van der Waals surface area (Å²) in [4.78, 5) is 0. The average Bonchev–Trinajstić information content (AvgIpc) is 4.08. The molecular formula is C57H63NO. The Morgan fingerprint density at radius 3 is 2.66 bits per heavy atom. The highest BCUT2D eigenvalue weighted by Crippen LogP contribution is 2.58. The van der Waals surface area contributed by atoms with Crippen LogP contribution in [0.15, 0.2) is 192 Å². The quantitative estimate of drug-likeness (QED) is 0.226. The Balaban J connectivity index is 0.849. The van der Waals surface area contributed by atoms with E-state index in [9.17, 15) is 0 Å². The zero-order chi connectivity index (χ0) is 39.8. The lowest BCUT2D eigenvalue weighted by Gasteiger charge is -2.53. The monoisotopic (exact) mass is 777 g/mol. The first-order chi connectivity index (χ1) is 29.1. The second-order valence-electron chi connectivity index (χ2n) is 18.8. The van der Waals surface area contributed by atoms with Gasteiger partial charge >= 0.3 is 0 Å². The van der Waals surface area contributed by atoms with Gasteiger partial charge in [-0.3, -0.25) is 0 Å². The van der Waals surface area contributed by atoms with Gasteiger partial charge in [-0.2, -0.15) is 0 Å². The van der Waals surface area contributed by atoms with Crippen LogP contribution in [0, 0.1) is 35.5 Å². The van der Waals surface area contributed by atoms with Crippen molar-refractivity contribution in [1.82, 2.24) is 5.32 Å². The van der Waals surface area contributed by atoms with Gasteiger partial charge < -0.3 is 10.1 Å². The van der Waals surface area contributed by atoms with Gasteiger partial charge in [0, 0.05) is 46.9 Å². The molecule has 0 saturated carbocycles. The first-order valence-corrected chi connectivity index (χ1v) is 23.1. The van der Waals surface area contributed by atoms with Crippen LogP contribution in [-0.2, 0) is 10.2 Å². The minimum Gasteiger partial charge on any atom is -0.486 e. The van der Waals surface area contributed by atoms with Gasteiger partial charge in [0.2, 0.25) is 0 Å². The van der Waals surface area contributed by atoms with Crippen molar-refractivity contribution in [2.24, 2.45) is 35.5 Å². The number of rotatable bonds is 11. The van der Waals surface area contributed by atoms with Gasteiger partial charge in [-0.25, -0.2) is 0 Å². The van der Waals surface area contributed by atoms with Crippen LogP contribution in [0.1, 0.15) is 101 Å². The molecule has 302 valence electrons. The van der Waals surface area contributed by atoms with E-state index in [1.807, 2.05) is 0 Å². The zero-order valence-corrected chi connectivity index (χ0v) is 35.0. The lowest BCUT2D eigenvalue weighted by Crippen LogP contribution is -2.51. The van der Waals surface area contributed by atoms with Gasteiger partial charge in [0.1, 0.15) is 11.9 Å².